The molecule has 1 N–H and O–H groups in total. The molecule has 1 rings (SSSR count). The van der Waals surface area contributed by atoms with Gasteiger partial charge in [0.05, 0.1) is 19.1 Å². The molecule has 18 heavy (non-hydrogen) atoms. The SMILES string of the molecule is COC(=O)CNS(=O)(=O)c1ccc(OC)c(F)c1. The standard InChI is InChI=1S/C10H12FNO5S/c1-16-9-4-3-7(5-8(9)11)18(14,15)12-6-10(13)17-2/h3-5,12H,6H2,1-2H3. The van der Waals surface area contributed by atoms with E-state index in [1.54, 1.807) is 0 Å². The first-order valence-electron chi connectivity index (χ1n) is 4.80. The Balaban J connectivity index is 2.92. The number of carbonyl (C=O) groups is 1. The molecule has 1 aromatic carbocycles. The molecule has 0 bridgehead atoms. The van der Waals surface area contributed by atoms with Crippen molar-refractivity contribution >= 4 is 16.0 Å². The molecule has 0 aliphatic heterocycles. The molecular formula is C10H12FNO5S. The number of nitrogens with one attached hydrogen (secondary N) is 1. The van der Waals surface area contributed by atoms with Crippen LogP contribution in [0, 0.1) is 5.82 Å². The van der Waals surface area contributed by atoms with Gasteiger partial charge in [0.15, 0.2) is 11.6 Å². The zero-order chi connectivity index (χ0) is 13.8. The molecule has 6 nitrogen and oxygen atoms in total. The third-order valence-electron chi connectivity index (χ3n) is 2.07. The Labute approximate surface area is 104 Å². The Morgan fingerprint density at radius 1 is 1.39 bits per heavy atom. The highest BCUT2D eigenvalue weighted by Gasteiger charge is 2.17. The maximum Gasteiger partial charge on any atom is 0.320 e. The minimum Gasteiger partial charge on any atom is -0.494 e. The fraction of sp³-hybridized carbons (Fsp3) is 0.300. The molecule has 0 heterocycles. The van der Waals surface area contributed by atoms with Crippen LogP contribution in [0.1, 0.15) is 0 Å². The summed E-state index contributed by atoms with van der Waals surface area (Å²) in [4.78, 5) is 10.5. The van der Waals surface area contributed by atoms with Gasteiger partial charge in [-0.05, 0) is 18.2 Å². The second-order valence-electron chi connectivity index (χ2n) is 3.20. The normalized spacial score (nSPS) is 11.1. The summed E-state index contributed by atoms with van der Waals surface area (Å²) in [6, 6.07) is 3.15. The Morgan fingerprint density at radius 2 is 2.06 bits per heavy atom. The number of benzene rings is 1. The van der Waals surface area contributed by atoms with Crippen LogP contribution < -0.4 is 9.46 Å². The summed E-state index contributed by atoms with van der Waals surface area (Å²) in [5.41, 5.74) is 0. The van der Waals surface area contributed by atoms with E-state index >= 15 is 0 Å². The van der Waals surface area contributed by atoms with E-state index in [-0.39, 0.29) is 10.6 Å². The number of methoxy groups -OCH3 is 2. The van der Waals surface area contributed by atoms with E-state index in [0.717, 1.165) is 13.2 Å². The van der Waals surface area contributed by atoms with Gasteiger partial charge in [-0.3, -0.25) is 4.79 Å². The number of esters is 1. The summed E-state index contributed by atoms with van der Waals surface area (Å²) in [6.45, 7) is -0.521. The summed E-state index contributed by atoms with van der Waals surface area (Å²) in [5.74, 6) is -1.62. The van der Waals surface area contributed by atoms with Crippen LogP contribution in [-0.2, 0) is 19.6 Å². The van der Waals surface area contributed by atoms with Crippen molar-refractivity contribution in [1.82, 2.24) is 4.72 Å². The zero-order valence-electron chi connectivity index (χ0n) is 9.77. The predicted octanol–water partition coefficient (Wildman–Crippen LogP) is 0.286. The van der Waals surface area contributed by atoms with E-state index in [1.807, 2.05) is 4.72 Å². The Hall–Kier alpha value is -1.67. The van der Waals surface area contributed by atoms with Crippen molar-refractivity contribution in [3.8, 4) is 5.75 Å². The molecular weight excluding hydrogens is 265 g/mol. The van der Waals surface area contributed by atoms with Crippen molar-refractivity contribution in [2.45, 2.75) is 4.90 Å². The van der Waals surface area contributed by atoms with Gasteiger partial charge >= 0.3 is 5.97 Å². The lowest BCUT2D eigenvalue weighted by Crippen LogP contribution is -2.30. The Morgan fingerprint density at radius 3 is 2.56 bits per heavy atom. The smallest absolute Gasteiger partial charge is 0.320 e. The average Bonchev–Trinajstić information content (AvgIpc) is 2.35. The fourth-order valence-corrected chi connectivity index (χ4v) is 2.10. The molecule has 0 unspecified atom stereocenters. The van der Waals surface area contributed by atoms with Crippen LogP contribution in [0.3, 0.4) is 0 Å². The average molecular weight is 277 g/mol. The lowest BCUT2D eigenvalue weighted by atomic mass is 10.3. The molecule has 0 amide bonds. The molecule has 0 radical (unpaired) electrons. The second-order valence-corrected chi connectivity index (χ2v) is 4.96. The number of hydrogen-bond acceptors (Lipinski definition) is 5. The third-order valence-corrected chi connectivity index (χ3v) is 3.47. The van der Waals surface area contributed by atoms with E-state index in [4.69, 9.17) is 0 Å². The summed E-state index contributed by atoms with van der Waals surface area (Å²) >= 11 is 0. The van der Waals surface area contributed by atoms with Gasteiger partial charge in [-0.15, -0.1) is 0 Å². The van der Waals surface area contributed by atoms with E-state index in [1.165, 1.54) is 19.2 Å². The van der Waals surface area contributed by atoms with Crippen molar-refractivity contribution in [2.24, 2.45) is 0 Å². The Kier molecular flexibility index (Phi) is 4.62. The molecule has 0 saturated heterocycles. The molecule has 1 aromatic rings. The molecule has 100 valence electrons. The Bertz CT molecular complexity index is 543. The van der Waals surface area contributed by atoms with Gasteiger partial charge in [0.2, 0.25) is 10.0 Å². The summed E-state index contributed by atoms with van der Waals surface area (Å²) in [6.07, 6.45) is 0. The molecule has 0 saturated carbocycles. The van der Waals surface area contributed by atoms with Crippen molar-refractivity contribution in [3.05, 3.63) is 24.0 Å². The minimum atomic E-state index is -3.96. The predicted molar refractivity (Wildman–Crippen MR) is 60.2 cm³/mol. The van der Waals surface area contributed by atoms with Crippen LogP contribution in [0.15, 0.2) is 23.1 Å². The van der Waals surface area contributed by atoms with Crippen molar-refractivity contribution in [3.63, 3.8) is 0 Å². The van der Waals surface area contributed by atoms with Crippen LogP contribution in [0.4, 0.5) is 4.39 Å². The highest BCUT2D eigenvalue weighted by molar-refractivity contribution is 7.89. The van der Waals surface area contributed by atoms with Gasteiger partial charge in [-0.1, -0.05) is 0 Å². The lowest BCUT2D eigenvalue weighted by Gasteiger charge is -2.07. The largest absolute Gasteiger partial charge is 0.494 e. The summed E-state index contributed by atoms with van der Waals surface area (Å²) in [5, 5.41) is 0. The summed E-state index contributed by atoms with van der Waals surface area (Å²) < 4.78 is 47.6. The van der Waals surface area contributed by atoms with E-state index < -0.39 is 28.4 Å². The number of halogens is 1. The van der Waals surface area contributed by atoms with E-state index in [9.17, 15) is 17.6 Å². The number of sulfonamides is 1. The van der Waals surface area contributed by atoms with Crippen LogP contribution in [-0.4, -0.2) is 35.2 Å². The molecule has 0 fully saturated rings. The van der Waals surface area contributed by atoms with Crippen molar-refractivity contribution in [2.75, 3.05) is 20.8 Å². The number of carbonyl (C=O) groups excluding carboxylic acids is 1. The summed E-state index contributed by atoms with van der Waals surface area (Å²) in [7, 11) is -1.56. The monoisotopic (exact) mass is 277 g/mol. The highest BCUT2D eigenvalue weighted by Crippen LogP contribution is 2.20. The van der Waals surface area contributed by atoms with Crippen molar-refractivity contribution < 1.29 is 27.1 Å². The fourth-order valence-electron chi connectivity index (χ4n) is 1.12. The van der Waals surface area contributed by atoms with Gasteiger partial charge in [0.1, 0.15) is 6.54 Å². The first kappa shape index (κ1) is 14.4. The second kappa shape index (κ2) is 5.78. The van der Waals surface area contributed by atoms with Gasteiger partial charge in [-0.2, -0.15) is 4.72 Å². The van der Waals surface area contributed by atoms with Crippen LogP contribution in [0.25, 0.3) is 0 Å². The molecule has 0 atom stereocenters. The minimum absolute atomic E-state index is 0.0677. The lowest BCUT2D eigenvalue weighted by molar-refractivity contribution is -0.139. The van der Waals surface area contributed by atoms with Gasteiger partial charge in [0, 0.05) is 0 Å². The van der Waals surface area contributed by atoms with Gasteiger partial charge < -0.3 is 9.47 Å². The topological polar surface area (TPSA) is 81.7 Å². The molecule has 8 heteroatoms. The maximum absolute atomic E-state index is 13.3. The first-order chi connectivity index (χ1) is 8.40. The zero-order valence-corrected chi connectivity index (χ0v) is 10.6. The van der Waals surface area contributed by atoms with E-state index in [2.05, 4.69) is 9.47 Å². The van der Waals surface area contributed by atoms with Crippen LogP contribution in [0.5, 0.6) is 5.75 Å². The molecule has 0 aliphatic carbocycles. The van der Waals surface area contributed by atoms with E-state index in [0.29, 0.717) is 0 Å². The number of hydrogen-bond donors (Lipinski definition) is 1. The quantitative estimate of drug-likeness (QED) is 0.782. The van der Waals surface area contributed by atoms with Crippen LogP contribution >= 0.6 is 0 Å². The molecule has 0 spiro atoms. The van der Waals surface area contributed by atoms with Crippen LogP contribution in [0.2, 0.25) is 0 Å². The van der Waals surface area contributed by atoms with Gasteiger partial charge in [-0.25, -0.2) is 12.8 Å². The number of ether oxygens (including phenoxy) is 2. The van der Waals surface area contributed by atoms with Crippen molar-refractivity contribution in [1.29, 1.82) is 0 Å². The highest BCUT2D eigenvalue weighted by atomic mass is 32.2. The van der Waals surface area contributed by atoms with Gasteiger partial charge in [0.25, 0.3) is 0 Å². The number of rotatable bonds is 5. The molecule has 0 aromatic heterocycles. The maximum atomic E-state index is 13.3. The first-order valence-corrected chi connectivity index (χ1v) is 6.29. The molecule has 0 aliphatic rings. The third kappa shape index (κ3) is 3.41.